The van der Waals surface area contributed by atoms with Crippen LogP contribution in [0.1, 0.15) is 16.4 Å². The summed E-state index contributed by atoms with van der Waals surface area (Å²) in [5, 5.41) is 0.800. The van der Waals surface area contributed by atoms with Crippen molar-refractivity contribution in [2.75, 3.05) is 6.54 Å². The van der Waals surface area contributed by atoms with Gasteiger partial charge < -0.3 is 4.98 Å². The van der Waals surface area contributed by atoms with E-state index in [0.29, 0.717) is 5.52 Å². The molecule has 4 nitrogen and oxygen atoms in total. The summed E-state index contributed by atoms with van der Waals surface area (Å²) in [4.78, 5) is 16.4. The van der Waals surface area contributed by atoms with Crippen molar-refractivity contribution in [1.82, 2.24) is 15.0 Å². The van der Waals surface area contributed by atoms with Gasteiger partial charge in [-0.1, -0.05) is 0 Å². The van der Waals surface area contributed by atoms with Crippen molar-refractivity contribution >= 4 is 27.3 Å². The Bertz CT molecular complexity index is 802. The molecule has 0 amide bonds. The molecule has 0 bridgehead atoms. The SMILES string of the molecule is Fc1ccc2sc(C3=NCCc4[nH]cnc43)nc2c1. The number of H-pyrrole nitrogens is 1. The van der Waals surface area contributed by atoms with Crippen LogP contribution in [0.4, 0.5) is 4.39 Å². The molecule has 4 rings (SSSR count). The van der Waals surface area contributed by atoms with Crippen LogP contribution in [-0.4, -0.2) is 27.2 Å². The molecule has 0 radical (unpaired) electrons. The molecule has 3 heterocycles. The highest BCUT2D eigenvalue weighted by molar-refractivity contribution is 7.20. The third-order valence-electron chi connectivity index (χ3n) is 3.13. The molecule has 19 heavy (non-hydrogen) atoms. The second-order valence-electron chi connectivity index (χ2n) is 4.34. The van der Waals surface area contributed by atoms with Crippen molar-refractivity contribution in [2.24, 2.45) is 4.99 Å². The molecule has 1 aromatic carbocycles. The van der Waals surface area contributed by atoms with Gasteiger partial charge in [-0.3, -0.25) is 4.99 Å². The molecule has 1 N–H and O–H groups in total. The van der Waals surface area contributed by atoms with Crippen LogP contribution in [0.5, 0.6) is 0 Å². The van der Waals surface area contributed by atoms with Gasteiger partial charge in [0.15, 0.2) is 0 Å². The molecule has 0 spiro atoms. The zero-order valence-electron chi connectivity index (χ0n) is 9.85. The zero-order valence-corrected chi connectivity index (χ0v) is 10.7. The van der Waals surface area contributed by atoms with Gasteiger partial charge in [-0.05, 0) is 12.1 Å². The Labute approximate surface area is 112 Å². The summed E-state index contributed by atoms with van der Waals surface area (Å²) in [5.74, 6) is -0.268. The summed E-state index contributed by atoms with van der Waals surface area (Å²) in [6, 6.07) is 4.65. The first-order valence-electron chi connectivity index (χ1n) is 5.95. The average Bonchev–Trinajstić information content (AvgIpc) is 3.03. The molecule has 3 aromatic rings. The van der Waals surface area contributed by atoms with Crippen LogP contribution in [0.15, 0.2) is 29.5 Å². The summed E-state index contributed by atoms with van der Waals surface area (Å²) in [6.45, 7) is 0.731. The number of aromatic amines is 1. The summed E-state index contributed by atoms with van der Waals surface area (Å²) in [7, 11) is 0. The highest BCUT2D eigenvalue weighted by atomic mass is 32.1. The maximum atomic E-state index is 13.2. The van der Waals surface area contributed by atoms with Crippen LogP contribution in [0, 0.1) is 5.82 Å². The standard InChI is InChI=1S/C13H9FN4S/c14-7-1-2-10-9(5-7)18-13(19-10)12-11-8(3-4-15-12)16-6-17-11/h1-2,5-6H,3-4H2,(H,16,17). The Balaban J connectivity index is 1.89. The van der Waals surface area contributed by atoms with Gasteiger partial charge in [-0.15, -0.1) is 11.3 Å². The summed E-state index contributed by atoms with van der Waals surface area (Å²) in [6.07, 6.45) is 2.55. The van der Waals surface area contributed by atoms with Gasteiger partial charge in [-0.2, -0.15) is 0 Å². The highest BCUT2D eigenvalue weighted by Gasteiger charge is 2.21. The second kappa shape index (κ2) is 3.96. The number of hydrogen-bond donors (Lipinski definition) is 1. The summed E-state index contributed by atoms with van der Waals surface area (Å²) >= 11 is 1.52. The zero-order chi connectivity index (χ0) is 12.8. The number of nitrogens with zero attached hydrogens (tertiary/aromatic N) is 3. The van der Waals surface area contributed by atoms with Gasteiger partial charge in [0.2, 0.25) is 0 Å². The number of fused-ring (bicyclic) bond motifs is 2. The van der Waals surface area contributed by atoms with Gasteiger partial charge in [0.05, 0.1) is 16.5 Å². The van der Waals surface area contributed by atoms with Gasteiger partial charge in [0.1, 0.15) is 22.2 Å². The molecule has 0 aliphatic carbocycles. The number of hydrogen-bond acceptors (Lipinski definition) is 4. The van der Waals surface area contributed by atoms with Gasteiger partial charge in [0, 0.05) is 24.7 Å². The number of imidazole rings is 1. The number of rotatable bonds is 1. The van der Waals surface area contributed by atoms with Crippen molar-refractivity contribution in [3.8, 4) is 0 Å². The maximum Gasteiger partial charge on any atom is 0.144 e. The lowest BCUT2D eigenvalue weighted by molar-refractivity contribution is 0.629. The van der Waals surface area contributed by atoms with Crippen LogP contribution >= 0.6 is 11.3 Å². The third kappa shape index (κ3) is 1.67. The number of halogens is 1. The lowest BCUT2D eigenvalue weighted by atomic mass is 10.1. The van der Waals surface area contributed by atoms with Crippen molar-refractivity contribution in [3.63, 3.8) is 0 Å². The molecule has 0 saturated carbocycles. The fraction of sp³-hybridized carbons (Fsp3) is 0.154. The van der Waals surface area contributed by atoms with Crippen LogP contribution in [0.2, 0.25) is 0 Å². The van der Waals surface area contributed by atoms with E-state index in [9.17, 15) is 4.39 Å². The minimum Gasteiger partial charge on any atom is -0.348 e. The predicted molar refractivity (Wildman–Crippen MR) is 72.4 cm³/mol. The van der Waals surface area contributed by atoms with Crippen LogP contribution in [0.25, 0.3) is 10.2 Å². The molecular weight excluding hydrogens is 263 g/mol. The fourth-order valence-electron chi connectivity index (χ4n) is 2.24. The molecular formula is C13H9FN4S. The normalized spacial score (nSPS) is 14.5. The van der Waals surface area contributed by atoms with E-state index >= 15 is 0 Å². The predicted octanol–water partition coefficient (Wildman–Crippen LogP) is 2.55. The molecule has 0 saturated heterocycles. The van der Waals surface area contributed by atoms with E-state index in [-0.39, 0.29) is 5.82 Å². The van der Waals surface area contributed by atoms with E-state index in [2.05, 4.69) is 19.9 Å². The Hall–Kier alpha value is -2.08. The quantitative estimate of drug-likeness (QED) is 0.740. The summed E-state index contributed by atoms with van der Waals surface area (Å²) in [5.41, 5.74) is 3.44. The van der Waals surface area contributed by atoms with E-state index in [1.165, 1.54) is 23.5 Å². The van der Waals surface area contributed by atoms with Crippen LogP contribution in [-0.2, 0) is 6.42 Å². The molecule has 0 atom stereocenters. The van der Waals surface area contributed by atoms with Crippen molar-refractivity contribution in [3.05, 3.63) is 46.7 Å². The van der Waals surface area contributed by atoms with E-state index < -0.39 is 0 Å². The molecule has 0 fully saturated rings. The lowest BCUT2D eigenvalue weighted by Gasteiger charge is -2.08. The first kappa shape index (κ1) is 10.8. The van der Waals surface area contributed by atoms with E-state index in [4.69, 9.17) is 0 Å². The molecule has 1 aliphatic heterocycles. The highest BCUT2D eigenvalue weighted by Crippen LogP contribution is 2.26. The summed E-state index contributed by atoms with van der Waals surface area (Å²) < 4.78 is 14.2. The number of benzene rings is 1. The first-order valence-corrected chi connectivity index (χ1v) is 6.76. The van der Waals surface area contributed by atoms with E-state index in [0.717, 1.165) is 39.8 Å². The van der Waals surface area contributed by atoms with E-state index in [1.54, 1.807) is 12.4 Å². The Kier molecular flexibility index (Phi) is 2.25. The van der Waals surface area contributed by atoms with Crippen LogP contribution in [0.3, 0.4) is 0 Å². The third-order valence-corrected chi connectivity index (χ3v) is 4.17. The minimum atomic E-state index is -0.268. The number of aliphatic imine (C=N–C) groups is 1. The fourth-order valence-corrected chi connectivity index (χ4v) is 3.20. The van der Waals surface area contributed by atoms with Gasteiger partial charge in [-0.25, -0.2) is 14.4 Å². The van der Waals surface area contributed by atoms with Crippen LogP contribution < -0.4 is 0 Å². The number of nitrogens with one attached hydrogen (secondary N) is 1. The van der Waals surface area contributed by atoms with Crippen molar-refractivity contribution in [1.29, 1.82) is 0 Å². The van der Waals surface area contributed by atoms with Gasteiger partial charge >= 0.3 is 0 Å². The van der Waals surface area contributed by atoms with Crippen molar-refractivity contribution < 1.29 is 4.39 Å². The Morgan fingerprint density at radius 2 is 2.26 bits per heavy atom. The number of thiazole rings is 1. The van der Waals surface area contributed by atoms with Crippen molar-refractivity contribution in [2.45, 2.75) is 6.42 Å². The molecule has 2 aromatic heterocycles. The Morgan fingerprint density at radius 3 is 3.21 bits per heavy atom. The topological polar surface area (TPSA) is 53.9 Å². The largest absolute Gasteiger partial charge is 0.348 e. The van der Waals surface area contributed by atoms with E-state index in [1.807, 2.05) is 0 Å². The minimum absolute atomic E-state index is 0.268. The molecule has 6 heteroatoms. The lowest BCUT2D eigenvalue weighted by Crippen LogP contribution is -2.13. The monoisotopic (exact) mass is 272 g/mol. The molecule has 1 aliphatic rings. The molecule has 0 unspecified atom stereocenters. The maximum absolute atomic E-state index is 13.2. The smallest absolute Gasteiger partial charge is 0.144 e. The Morgan fingerprint density at radius 1 is 1.32 bits per heavy atom. The average molecular weight is 272 g/mol. The second-order valence-corrected chi connectivity index (χ2v) is 5.37. The number of aromatic nitrogens is 3. The molecule has 94 valence electrons. The van der Waals surface area contributed by atoms with Gasteiger partial charge in [0.25, 0.3) is 0 Å². The first-order chi connectivity index (χ1) is 9.31.